The van der Waals surface area contributed by atoms with Crippen LogP contribution in [0.5, 0.6) is 0 Å². The van der Waals surface area contributed by atoms with Crippen molar-refractivity contribution < 1.29 is 14.7 Å². The van der Waals surface area contributed by atoms with E-state index in [0.29, 0.717) is 13.0 Å². The predicted octanol–water partition coefficient (Wildman–Crippen LogP) is -1.62. The van der Waals surface area contributed by atoms with Crippen LogP contribution in [-0.4, -0.2) is 61.1 Å². The van der Waals surface area contributed by atoms with Crippen molar-refractivity contribution in [3.8, 4) is 0 Å². The monoisotopic (exact) mass is 259 g/mol. The minimum Gasteiger partial charge on any atom is -0.480 e. The number of guanidine groups is 1. The van der Waals surface area contributed by atoms with Crippen molar-refractivity contribution in [2.45, 2.75) is 18.9 Å². The number of nitrogens with two attached hydrogens (primary N) is 1. The maximum atomic E-state index is 11.4. The lowest BCUT2D eigenvalue weighted by atomic mass is 10.1. The molecule has 8 nitrogen and oxygen atoms in total. The van der Waals surface area contributed by atoms with E-state index in [2.05, 4.69) is 10.6 Å². The Morgan fingerprint density at radius 3 is 2.50 bits per heavy atom. The molecule has 104 valence electrons. The molecular weight excluding hydrogens is 238 g/mol. The molecule has 0 aliphatic carbocycles. The summed E-state index contributed by atoms with van der Waals surface area (Å²) in [5, 5.41) is 20.9. The van der Waals surface area contributed by atoms with Crippen molar-refractivity contribution in [3.05, 3.63) is 0 Å². The first-order chi connectivity index (χ1) is 8.32. The number of rotatable bonds is 8. The average molecular weight is 259 g/mol. The Labute approximate surface area is 106 Å². The van der Waals surface area contributed by atoms with E-state index in [9.17, 15) is 9.59 Å². The second-order valence-electron chi connectivity index (χ2n) is 4.18. The molecule has 0 fully saturated rings. The van der Waals surface area contributed by atoms with E-state index in [1.165, 1.54) is 0 Å². The highest BCUT2D eigenvalue weighted by atomic mass is 16.4. The van der Waals surface area contributed by atoms with Crippen LogP contribution >= 0.6 is 0 Å². The molecule has 0 aliphatic rings. The second-order valence-corrected chi connectivity index (χ2v) is 4.18. The molecule has 0 saturated carbocycles. The SMILES string of the molecule is CN(C)CC(=O)N[C@@H](CCCNC(=N)N)C(=O)O. The zero-order chi connectivity index (χ0) is 14.1. The van der Waals surface area contributed by atoms with E-state index in [4.69, 9.17) is 16.2 Å². The number of likely N-dealkylation sites (N-methyl/N-ethyl adjacent to an activating group) is 1. The quantitative estimate of drug-likeness (QED) is 0.202. The lowest BCUT2D eigenvalue weighted by Crippen LogP contribution is -2.44. The minimum absolute atomic E-state index is 0.148. The van der Waals surface area contributed by atoms with Gasteiger partial charge in [-0.1, -0.05) is 0 Å². The Bertz CT molecular complexity index is 306. The van der Waals surface area contributed by atoms with E-state index < -0.39 is 12.0 Å². The molecule has 0 saturated heterocycles. The van der Waals surface area contributed by atoms with Crippen LogP contribution in [0.25, 0.3) is 0 Å². The van der Waals surface area contributed by atoms with Crippen molar-refractivity contribution in [1.82, 2.24) is 15.5 Å². The van der Waals surface area contributed by atoms with E-state index in [-0.39, 0.29) is 24.8 Å². The number of nitrogens with one attached hydrogen (secondary N) is 3. The standard InChI is InChI=1S/C10H21N5O3/c1-15(2)6-8(16)14-7(9(17)18)4-3-5-13-10(11)12/h7H,3-6H2,1-2H3,(H,14,16)(H,17,18)(H4,11,12,13)/t7-/m0/s1. The molecule has 0 aromatic carbocycles. The number of nitrogens with zero attached hydrogens (tertiary/aromatic N) is 1. The summed E-state index contributed by atoms with van der Waals surface area (Å²) in [6.07, 6.45) is 0.785. The number of carbonyl (C=O) groups is 2. The van der Waals surface area contributed by atoms with Gasteiger partial charge in [0.2, 0.25) is 5.91 Å². The Kier molecular flexibility index (Phi) is 7.45. The molecule has 1 amide bonds. The summed E-state index contributed by atoms with van der Waals surface area (Å²) in [5.74, 6) is -1.55. The highest BCUT2D eigenvalue weighted by Gasteiger charge is 2.19. The van der Waals surface area contributed by atoms with Gasteiger partial charge in [-0.3, -0.25) is 10.2 Å². The van der Waals surface area contributed by atoms with Crippen molar-refractivity contribution in [3.63, 3.8) is 0 Å². The number of hydrogen-bond donors (Lipinski definition) is 5. The van der Waals surface area contributed by atoms with Crippen molar-refractivity contribution in [2.75, 3.05) is 27.2 Å². The third kappa shape index (κ3) is 8.34. The molecule has 0 aromatic heterocycles. The number of aliphatic carboxylic acids is 1. The molecule has 0 radical (unpaired) electrons. The average Bonchev–Trinajstić information content (AvgIpc) is 2.20. The van der Waals surface area contributed by atoms with Crippen LogP contribution in [0.3, 0.4) is 0 Å². The summed E-state index contributed by atoms with van der Waals surface area (Å²) in [4.78, 5) is 24.0. The van der Waals surface area contributed by atoms with Crippen LogP contribution in [0.1, 0.15) is 12.8 Å². The Morgan fingerprint density at radius 1 is 1.44 bits per heavy atom. The molecule has 0 heterocycles. The van der Waals surface area contributed by atoms with Crippen LogP contribution in [-0.2, 0) is 9.59 Å². The first kappa shape index (κ1) is 16.2. The van der Waals surface area contributed by atoms with Crippen molar-refractivity contribution >= 4 is 17.8 Å². The third-order valence-corrected chi connectivity index (χ3v) is 2.08. The third-order valence-electron chi connectivity index (χ3n) is 2.08. The summed E-state index contributed by atoms with van der Waals surface area (Å²) in [5.41, 5.74) is 5.09. The molecular formula is C10H21N5O3. The highest BCUT2D eigenvalue weighted by Crippen LogP contribution is 1.97. The second kappa shape index (κ2) is 8.29. The van der Waals surface area contributed by atoms with Crippen molar-refractivity contribution in [2.24, 2.45) is 5.73 Å². The van der Waals surface area contributed by atoms with Gasteiger partial charge in [0.15, 0.2) is 5.96 Å². The van der Waals surface area contributed by atoms with Crippen molar-refractivity contribution in [1.29, 1.82) is 5.41 Å². The maximum Gasteiger partial charge on any atom is 0.326 e. The van der Waals surface area contributed by atoms with E-state index in [1.807, 2.05) is 0 Å². The first-order valence-electron chi connectivity index (χ1n) is 5.57. The molecule has 8 heteroatoms. The summed E-state index contributed by atoms with van der Waals surface area (Å²) < 4.78 is 0. The van der Waals surface area contributed by atoms with Crippen LogP contribution in [0, 0.1) is 5.41 Å². The normalized spacial score (nSPS) is 11.9. The number of carboxylic acids is 1. The van der Waals surface area contributed by atoms with Gasteiger partial charge in [0.05, 0.1) is 6.54 Å². The summed E-state index contributed by atoms with van der Waals surface area (Å²) in [6, 6.07) is -0.911. The molecule has 1 atom stereocenters. The fourth-order valence-electron chi connectivity index (χ4n) is 1.31. The summed E-state index contributed by atoms with van der Waals surface area (Å²) in [6.45, 7) is 0.554. The Balaban J connectivity index is 4.03. The fraction of sp³-hybridized carbons (Fsp3) is 0.700. The molecule has 0 spiro atoms. The summed E-state index contributed by atoms with van der Waals surface area (Å²) >= 11 is 0. The molecule has 0 bridgehead atoms. The predicted molar refractivity (Wildman–Crippen MR) is 67.3 cm³/mol. The van der Waals surface area contributed by atoms with Crippen LogP contribution < -0.4 is 16.4 Å². The smallest absolute Gasteiger partial charge is 0.326 e. The number of carbonyl (C=O) groups excluding carboxylic acids is 1. The lowest BCUT2D eigenvalue weighted by Gasteiger charge is -2.16. The van der Waals surface area contributed by atoms with Gasteiger partial charge >= 0.3 is 5.97 Å². The van der Waals surface area contributed by atoms with Gasteiger partial charge in [-0.05, 0) is 26.9 Å². The lowest BCUT2D eigenvalue weighted by molar-refractivity contribution is -0.142. The van der Waals surface area contributed by atoms with Gasteiger partial charge in [0.1, 0.15) is 6.04 Å². The van der Waals surface area contributed by atoms with Gasteiger partial charge in [-0.15, -0.1) is 0 Å². The Hall–Kier alpha value is -1.83. The zero-order valence-corrected chi connectivity index (χ0v) is 10.7. The van der Waals surface area contributed by atoms with Crippen LogP contribution in [0.4, 0.5) is 0 Å². The molecule has 0 aromatic rings. The fourth-order valence-corrected chi connectivity index (χ4v) is 1.31. The van der Waals surface area contributed by atoms with Crippen LogP contribution in [0.2, 0.25) is 0 Å². The maximum absolute atomic E-state index is 11.4. The van der Waals surface area contributed by atoms with E-state index in [1.54, 1.807) is 19.0 Å². The number of amides is 1. The van der Waals surface area contributed by atoms with Gasteiger partial charge < -0.3 is 26.4 Å². The van der Waals surface area contributed by atoms with Gasteiger partial charge in [0, 0.05) is 6.54 Å². The molecule has 18 heavy (non-hydrogen) atoms. The molecule has 0 aliphatic heterocycles. The zero-order valence-electron chi connectivity index (χ0n) is 10.7. The molecule has 0 rings (SSSR count). The molecule has 6 N–H and O–H groups in total. The minimum atomic E-state index is -1.06. The van der Waals surface area contributed by atoms with Gasteiger partial charge in [-0.2, -0.15) is 0 Å². The van der Waals surface area contributed by atoms with Gasteiger partial charge in [-0.25, -0.2) is 4.79 Å². The van der Waals surface area contributed by atoms with Gasteiger partial charge in [0.25, 0.3) is 0 Å². The highest BCUT2D eigenvalue weighted by molar-refractivity contribution is 5.84. The Morgan fingerprint density at radius 2 is 2.06 bits per heavy atom. The number of carboxylic acid groups (broad SMARTS) is 1. The number of hydrogen-bond acceptors (Lipinski definition) is 4. The summed E-state index contributed by atoms with van der Waals surface area (Å²) in [7, 11) is 3.46. The molecule has 0 unspecified atom stereocenters. The topological polar surface area (TPSA) is 132 Å². The van der Waals surface area contributed by atoms with E-state index >= 15 is 0 Å². The largest absolute Gasteiger partial charge is 0.480 e. The first-order valence-corrected chi connectivity index (χ1v) is 5.57. The van der Waals surface area contributed by atoms with E-state index in [0.717, 1.165) is 0 Å². The van der Waals surface area contributed by atoms with Crippen LogP contribution in [0.15, 0.2) is 0 Å².